The highest BCUT2D eigenvalue weighted by atomic mass is 15.0. The summed E-state index contributed by atoms with van der Waals surface area (Å²) < 4.78 is 0. The second-order valence-corrected chi connectivity index (χ2v) is 11.2. The predicted molar refractivity (Wildman–Crippen MR) is 168 cm³/mol. The van der Waals surface area contributed by atoms with Gasteiger partial charge in [-0.25, -0.2) is 15.0 Å². The molecule has 0 N–H and O–H groups in total. The summed E-state index contributed by atoms with van der Waals surface area (Å²) in [5.41, 5.74) is 15.1. The van der Waals surface area contributed by atoms with Gasteiger partial charge in [0.25, 0.3) is 0 Å². The van der Waals surface area contributed by atoms with Crippen LogP contribution in [0.5, 0.6) is 0 Å². The molecule has 0 bridgehead atoms. The first-order chi connectivity index (χ1) is 20.0. The predicted octanol–water partition coefficient (Wildman–Crippen LogP) is 9.27. The van der Waals surface area contributed by atoms with Crippen molar-refractivity contribution in [2.45, 2.75) is 33.6 Å². The van der Waals surface area contributed by atoms with E-state index in [0.717, 1.165) is 16.7 Å². The van der Waals surface area contributed by atoms with E-state index in [1.165, 1.54) is 50.1 Å². The van der Waals surface area contributed by atoms with E-state index in [1.807, 2.05) is 60.7 Å². The summed E-state index contributed by atoms with van der Waals surface area (Å²) >= 11 is 0. The molecule has 0 fully saturated rings. The quantitative estimate of drug-likeness (QED) is 0.228. The minimum Gasteiger partial charge on any atom is -0.208 e. The van der Waals surface area contributed by atoms with Gasteiger partial charge in [0.2, 0.25) is 0 Å². The fraction of sp³-hybridized carbons (Fsp3) is 0.132. The summed E-state index contributed by atoms with van der Waals surface area (Å²) in [6.45, 7) is 8.89. The Morgan fingerprint density at radius 2 is 0.829 bits per heavy atom. The summed E-state index contributed by atoms with van der Waals surface area (Å²) in [5, 5.41) is 0. The highest BCUT2D eigenvalue weighted by Crippen LogP contribution is 2.51. The van der Waals surface area contributed by atoms with Crippen LogP contribution in [0, 0.1) is 27.7 Å². The molecular weight excluding hydrogens is 498 g/mol. The number of fused-ring (bicyclic) bond motifs is 3. The van der Waals surface area contributed by atoms with Crippen molar-refractivity contribution in [3.05, 3.63) is 148 Å². The maximum absolute atomic E-state index is 4.92. The molecule has 1 aliphatic carbocycles. The highest BCUT2D eigenvalue weighted by Gasteiger charge is 2.33. The van der Waals surface area contributed by atoms with Crippen molar-refractivity contribution in [2.75, 3.05) is 0 Å². The number of benzene rings is 5. The fourth-order valence-corrected chi connectivity index (χ4v) is 6.41. The SMILES string of the molecule is Cc1cc(C)c2c(c1)-c1cc(C)cc(C)c1C2c1ccc(-c2nc(-c3ccccc3)nc(-c3ccccc3)n2)cc1. The minimum absolute atomic E-state index is 0.202. The van der Waals surface area contributed by atoms with E-state index >= 15 is 0 Å². The Balaban J connectivity index is 1.35. The Labute approximate surface area is 241 Å². The van der Waals surface area contributed by atoms with Gasteiger partial charge in [0.1, 0.15) is 0 Å². The Morgan fingerprint density at radius 3 is 1.24 bits per heavy atom. The van der Waals surface area contributed by atoms with Crippen LogP contribution < -0.4 is 0 Å². The second-order valence-electron chi connectivity index (χ2n) is 11.2. The van der Waals surface area contributed by atoms with Crippen molar-refractivity contribution in [1.82, 2.24) is 15.0 Å². The van der Waals surface area contributed by atoms with Gasteiger partial charge >= 0.3 is 0 Å². The zero-order chi connectivity index (χ0) is 28.1. The first-order valence-electron chi connectivity index (χ1n) is 14.2. The molecule has 6 aromatic rings. The number of nitrogens with zero attached hydrogens (tertiary/aromatic N) is 3. The van der Waals surface area contributed by atoms with Gasteiger partial charge in [0.05, 0.1) is 0 Å². The summed E-state index contributed by atoms with van der Waals surface area (Å²) in [6, 6.07) is 38.4. The van der Waals surface area contributed by atoms with Crippen molar-refractivity contribution in [2.24, 2.45) is 0 Å². The third-order valence-electron chi connectivity index (χ3n) is 8.13. The first-order valence-corrected chi connectivity index (χ1v) is 14.2. The molecule has 0 amide bonds. The maximum Gasteiger partial charge on any atom is 0.164 e. The molecule has 5 aromatic carbocycles. The van der Waals surface area contributed by atoms with E-state index in [1.54, 1.807) is 0 Å². The molecule has 0 unspecified atom stereocenters. The normalized spacial score (nSPS) is 12.3. The van der Waals surface area contributed by atoms with E-state index in [4.69, 9.17) is 15.0 Å². The second kappa shape index (κ2) is 9.94. The third-order valence-corrected chi connectivity index (χ3v) is 8.13. The van der Waals surface area contributed by atoms with Crippen LogP contribution in [0.2, 0.25) is 0 Å². The van der Waals surface area contributed by atoms with E-state index in [2.05, 4.69) is 76.2 Å². The third kappa shape index (κ3) is 4.44. The summed E-state index contributed by atoms with van der Waals surface area (Å²) in [7, 11) is 0. The topological polar surface area (TPSA) is 38.7 Å². The first kappa shape index (κ1) is 25.1. The molecule has 41 heavy (non-hydrogen) atoms. The summed E-state index contributed by atoms with van der Waals surface area (Å²) in [5.74, 6) is 2.23. The number of aromatic nitrogens is 3. The van der Waals surface area contributed by atoms with Gasteiger partial charge in [0, 0.05) is 22.6 Å². The minimum atomic E-state index is 0.202. The molecule has 0 spiro atoms. The molecule has 1 heterocycles. The van der Waals surface area contributed by atoms with E-state index in [-0.39, 0.29) is 5.92 Å². The number of rotatable bonds is 4. The van der Waals surface area contributed by atoms with Crippen molar-refractivity contribution in [3.63, 3.8) is 0 Å². The van der Waals surface area contributed by atoms with E-state index < -0.39 is 0 Å². The zero-order valence-electron chi connectivity index (χ0n) is 23.8. The molecular formula is C38H31N3. The van der Waals surface area contributed by atoms with Crippen molar-refractivity contribution in [3.8, 4) is 45.3 Å². The maximum atomic E-state index is 4.92. The van der Waals surface area contributed by atoms with Gasteiger partial charge in [-0.05, 0) is 66.6 Å². The van der Waals surface area contributed by atoms with Crippen LogP contribution in [-0.4, -0.2) is 15.0 Å². The molecule has 1 aromatic heterocycles. The summed E-state index contributed by atoms with van der Waals surface area (Å²) in [4.78, 5) is 14.7. The standard InChI is InChI=1S/C38H31N3/c1-23-19-25(3)33-31(21-23)32-22-24(2)20-26(4)34(32)35(33)27-15-17-30(18-16-27)38-40-36(28-11-7-5-8-12-28)39-37(41-38)29-13-9-6-10-14-29/h5-22,35H,1-4H3. The zero-order valence-corrected chi connectivity index (χ0v) is 23.8. The lowest BCUT2D eigenvalue weighted by molar-refractivity contribution is 0.983. The van der Waals surface area contributed by atoms with E-state index in [0.29, 0.717) is 17.5 Å². The van der Waals surface area contributed by atoms with Crippen LogP contribution in [0.15, 0.2) is 109 Å². The molecule has 0 saturated heterocycles. The molecule has 0 atom stereocenters. The summed E-state index contributed by atoms with van der Waals surface area (Å²) in [6.07, 6.45) is 0. The average Bonchev–Trinajstić information content (AvgIpc) is 3.32. The van der Waals surface area contributed by atoms with Crippen LogP contribution in [0.4, 0.5) is 0 Å². The molecule has 1 aliphatic rings. The highest BCUT2D eigenvalue weighted by molar-refractivity contribution is 5.84. The molecule has 3 nitrogen and oxygen atoms in total. The van der Waals surface area contributed by atoms with Crippen LogP contribution in [0.3, 0.4) is 0 Å². The largest absolute Gasteiger partial charge is 0.208 e. The van der Waals surface area contributed by atoms with Gasteiger partial charge in [-0.15, -0.1) is 0 Å². The lowest BCUT2D eigenvalue weighted by Crippen LogP contribution is -2.04. The van der Waals surface area contributed by atoms with Crippen LogP contribution in [0.25, 0.3) is 45.3 Å². The number of aryl methyl sites for hydroxylation is 4. The smallest absolute Gasteiger partial charge is 0.164 e. The lowest BCUT2D eigenvalue weighted by atomic mass is 9.84. The Hall–Kier alpha value is -4.89. The van der Waals surface area contributed by atoms with Crippen LogP contribution in [-0.2, 0) is 0 Å². The van der Waals surface area contributed by atoms with Gasteiger partial charge in [-0.1, -0.05) is 120 Å². The molecule has 0 aliphatic heterocycles. The van der Waals surface area contributed by atoms with E-state index in [9.17, 15) is 0 Å². The number of hydrogen-bond donors (Lipinski definition) is 0. The molecule has 198 valence electrons. The molecule has 7 rings (SSSR count). The lowest BCUT2D eigenvalue weighted by Gasteiger charge is -2.19. The Morgan fingerprint density at radius 1 is 0.439 bits per heavy atom. The van der Waals surface area contributed by atoms with Crippen molar-refractivity contribution >= 4 is 0 Å². The average molecular weight is 530 g/mol. The Kier molecular flexibility index (Phi) is 6.09. The molecule has 0 saturated carbocycles. The Bertz CT molecular complexity index is 1790. The molecule has 0 radical (unpaired) electrons. The van der Waals surface area contributed by atoms with Gasteiger partial charge in [0.15, 0.2) is 17.5 Å². The molecule has 3 heteroatoms. The van der Waals surface area contributed by atoms with Gasteiger partial charge < -0.3 is 0 Å². The monoisotopic (exact) mass is 529 g/mol. The number of hydrogen-bond acceptors (Lipinski definition) is 3. The van der Waals surface area contributed by atoms with Gasteiger partial charge in [-0.2, -0.15) is 0 Å². The van der Waals surface area contributed by atoms with Crippen molar-refractivity contribution < 1.29 is 0 Å². The fourth-order valence-electron chi connectivity index (χ4n) is 6.41. The van der Waals surface area contributed by atoms with Crippen LogP contribution in [0.1, 0.15) is 44.9 Å². The van der Waals surface area contributed by atoms with Crippen LogP contribution >= 0.6 is 0 Å². The van der Waals surface area contributed by atoms with Crippen molar-refractivity contribution in [1.29, 1.82) is 0 Å². The van der Waals surface area contributed by atoms with Gasteiger partial charge in [-0.3, -0.25) is 0 Å².